The van der Waals surface area contributed by atoms with Gasteiger partial charge in [0, 0.05) is 34.3 Å². The Hall–Kier alpha value is -2.77. The number of carbonyl (C=O) groups excluding carboxylic acids is 1. The molecule has 8 heteroatoms. The Balaban J connectivity index is 0.00000240. The number of amides is 1. The van der Waals surface area contributed by atoms with E-state index in [0.717, 1.165) is 39.3 Å². The molecule has 0 saturated heterocycles. The van der Waals surface area contributed by atoms with Crippen LogP contribution in [0.2, 0.25) is 0 Å². The average Bonchev–Trinajstić information content (AvgIpc) is 3.17. The third kappa shape index (κ3) is 4.99. The second kappa shape index (κ2) is 9.15. The Labute approximate surface area is 179 Å². The number of anilines is 3. The fraction of sp³-hybridized carbons (Fsp3) is 0.238. The van der Waals surface area contributed by atoms with Gasteiger partial charge in [-0.3, -0.25) is 4.79 Å². The first-order valence-corrected chi connectivity index (χ1v) is 10.00. The SMILES string of the molecule is CC(C)C(=O)Nc1ccc(-c2csc(Nc3ccc4c(c3)OCCO4)n2)cc1.Cl. The number of rotatable bonds is 5. The molecule has 0 radical (unpaired) electrons. The van der Waals surface area contributed by atoms with Crippen molar-refractivity contribution >= 4 is 46.2 Å². The molecule has 3 aromatic rings. The lowest BCUT2D eigenvalue weighted by Gasteiger charge is -2.18. The number of nitrogens with one attached hydrogen (secondary N) is 2. The summed E-state index contributed by atoms with van der Waals surface area (Å²) in [5.74, 6) is 1.47. The summed E-state index contributed by atoms with van der Waals surface area (Å²) >= 11 is 1.53. The lowest BCUT2D eigenvalue weighted by Crippen LogP contribution is -2.17. The van der Waals surface area contributed by atoms with Gasteiger partial charge in [0.1, 0.15) is 13.2 Å². The molecule has 29 heavy (non-hydrogen) atoms. The predicted molar refractivity (Wildman–Crippen MR) is 119 cm³/mol. The molecule has 0 spiro atoms. The highest BCUT2D eigenvalue weighted by atomic mass is 35.5. The maximum absolute atomic E-state index is 11.8. The van der Waals surface area contributed by atoms with Crippen LogP contribution in [-0.4, -0.2) is 24.1 Å². The van der Waals surface area contributed by atoms with Crippen LogP contribution >= 0.6 is 23.7 Å². The molecule has 1 amide bonds. The van der Waals surface area contributed by atoms with Gasteiger partial charge in [-0.15, -0.1) is 23.7 Å². The van der Waals surface area contributed by atoms with Gasteiger partial charge in [-0.1, -0.05) is 26.0 Å². The van der Waals surface area contributed by atoms with E-state index in [0.29, 0.717) is 13.2 Å². The summed E-state index contributed by atoms with van der Waals surface area (Å²) in [5.41, 5.74) is 3.56. The van der Waals surface area contributed by atoms with Crippen molar-refractivity contribution in [2.45, 2.75) is 13.8 Å². The molecule has 1 aromatic heterocycles. The van der Waals surface area contributed by atoms with Gasteiger partial charge < -0.3 is 20.1 Å². The number of benzene rings is 2. The molecule has 0 unspecified atom stereocenters. The quantitative estimate of drug-likeness (QED) is 0.570. The van der Waals surface area contributed by atoms with E-state index >= 15 is 0 Å². The molecule has 152 valence electrons. The van der Waals surface area contributed by atoms with Crippen LogP contribution in [-0.2, 0) is 4.79 Å². The van der Waals surface area contributed by atoms with Crippen molar-refractivity contribution < 1.29 is 14.3 Å². The van der Waals surface area contributed by atoms with E-state index in [2.05, 4.69) is 15.6 Å². The van der Waals surface area contributed by atoms with Crippen molar-refractivity contribution in [3.63, 3.8) is 0 Å². The highest BCUT2D eigenvalue weighted by Gasteiger charge is 2.13. The normalized spacial score (nSPS) is 12.2. The molecule has 4 rings (SSSR count). The van der Waals surface area contributed by atoms with Crippen molar-refractivity contribution in [3.05, 3.63) is 47.8 Å². The monoisotopic (exact) mass is 431 g/mol. The fourth-order valence-electron chi connectivity index (χ4n) is 2.72. The maximum Gasteiger partial charge on any atom is 0.226 e. The van der Waals surface area contributed by atoms with Crippen LogP contribution in [0.15, 0.2) is 47.8 Å². The molecular formula is C21H22ClN3O3S. The molecule has 2 heterocycles. The highest BCUT2D eigenvalue weighted by Crippen LogP contribution is 2.34. The molecular weight excluding hydrogens is 410 g/mol. The second-order valence-corrected chi connectivity index (χ2v) is 7.60. The number of hydrogen-bond donors (Lipinski definition) is 2. The van der Waals surface area contributed by atoms with E-state index in [1.807, 2.05) is 61.7 Å². The first-order valence-electron chi connectivity index (χ1n) is 9.12. The molecule has 2 N–H and O–H groups in total. The Morgan fingerprint density at radius 1 is 1.03 bits per heavy atom. The lowest BCUT2D eigenvalue weighted by atomic mass is 10.1. The smallest absolute Gasteiger partial charge is 0.226 e. The van der Waals surface area contributed by atoms with Gasteiger partial charge in [0.2, 0.25) is 5.91 Å². The summed E-state index contributed by atoms with van der Waals surface area (Å²) in [5, 5.41) is 9.00. The topological polar surface area (TPSA) is 72.5 Å². The minimum Gasteiger partial charge on any atom is -0.486 e. The van der Waals surface area contributed by atoms with Crippen molar-refractivity contribution in [3.8, 4) is 22.8 Å². The number of halogens is 1. The largest absolute Gasteiger partial charge is 0.486 e. The third-order valence-corrected chi connectivity index (χ3v) is 5.03. The van der Waals surface area contributed by atoms with Crippen LogP contribution in [0, 0.1) is 5.92 Å². The van der Waals surface area contributed by atoms with Crippen LogP contribution in [0.25, 0.3) is 11.3 Å². The van der Waals surface area contributed by atoms with Crippen LogP contribution in [0.5, 0.6) is 11.5 Å². The van der Waals surface area contributed by atoms with Crippen LogP contribution in [0.1, 0.15) is 13.8 Å². The van der Waals surface area contributed by atoms with Gasteiger partial charge in [0.05, 0.1) is 5.69 Å². The van der Waals surface area contributed by atoms with Crippen molar-refractivity contribution in [2.75, 3.05) is 23.8 Å². The fourth-order valence-corrected chi connectivity index (χ4v) is 3.46. The number of aromatic nitrogens is 1. The zero-order valence-electron chi connectivity index (χ0n) is 16.1. The van der Waals surface area contributed by atoms with Gasteiger partial charge in [-0.05, 0) is 24.3 Å². The number of fused-ring (bicyclic) bond motifs is 1. The highest BCUT2D eigenvalue weighted by molar-refractivity contribution is 7.14. The van der Waals surface area contributed by atoms with E-state index < -0.39 is 0 Å². The van der Waals surface area contributed by atoms with Crippen molar-refractivity contribution in [1.82, 2.24) is 4.98 Å². The van der Waals surface area contributed by atoms with Crippen LogP contribution < -0.4 is 20.1 Å². The Bertz CT molecular complexity index is 989. The predicted octanol–water partition coefficient (Wildman–Crippen LogP) is 5.34. The number of nitrogens with zero attached hydrogens (tertiary/aromatic N) is 1. The summed E-state index contributed by atoms with van der Waals surface area (Å²) < 4.78 is 11.2. The number of thiazole rings is 1. The zero-order chi connectivity index (χ0) is 19.5. The van der Waals surface area contributed by atoms with Gasteiger partial charge in [-0.2, -0.15) is 0 Å². The first-order chi connectivity index (χ1) is 13.6. The molecule has 2 aromatic carbocycles. The maximum atomic E-state index is 11.8. The van der Waals surface area contributed by atoms with E-state index in [1.54, 1.807) is 0 Å². The van der Waals surface area contributed by atoms with Crippen molar-refractivity contribution in [1.29, 1.82) is 0 Å². The minimum atomic E-state index is -0.0487. The lowest BCUT2D eigenvalue weighted by molar-refractivity contribution is -0.118. The van der Waals surface area contributed by atoms with Gasteiger partial charge >= 0.3 is 0 Å². The summed E-state index contributed by atoms with van der Waals surface area (Å²) in [6.07, 6.45) is 0. The summed E-state index contributed by atoms with van der Waals surface area (Å²) in [6, 6.07) is 13.5. The van der Waals surface area contributed by atoms with E-state index in [-0.39, 0.29) is 24.2 Å². The first kappa shape index (κ1) is 21.0. The van der Waals surface area contributed by atoms with Crippen LogP contribution in [0.3, 0.4) is 0 Å². The number of ether oxygens (including phenoxy) is 2. The molecule has 1 aliphatic heterocycles. The molecule has 0 fully saturated rings. The van der Waals surface area contributed by atoms with E-state index in [1.165, 1.54) is 11.3 Å². The molecule has 0 aliphatic carbocycles. The van der Waals surface area contributed by atoms with E-state index in [9.17, 15) is 4.79 Å². The second-order valence-electron chi connectivity index (χ2n) is 6.74. The third-order valence-electron chi connectivity index (χ3n) is 4.27. The molecule has 0 bridgehead atoms. The van der Waals surface area contributed by atoms with Crippen molar-refractivity contribution in [2.24, 2.45) is 5.92 Å². The van der Waals surface area contributed by atoms with E-state index in [4.69, 9.17) is 9.47 Å². The molecule has 6 nitrogen and oxygen atoms in total. The number of hydrogen-bond acceptors (Lipinski definition) is 6. The minimum absolute atomic E-state index is 0. The van der Waals surface area contributed by atoms with Crippen LogP contribution in [0.4, 0.5) is 16.5 Å². The number of carbonyl (C=O) groups is 1. The Morgan fingerprint density at radius 2 is 1.72 bits per heavy atom. The summed E-state index contributed by atoms with van der Waals surface area (Å²) in [6.45, 7) is 4.88. The van der Waals surface area contributed by atoms with Gasteiger partial charge in [0.25, 0.3) is 0 Å². The summed E-state index contributed by atoms with van der Waals surface area (Å²) in [7, 11) is 0. The average molecular weight is 432 g/mol. The molecule has 0 atom stereocenters. The zero-order valence-corrected chi connectivity index (χ0v) is 17.7. The van der Waals surface area contributed by atoms with Gasteiger partial charge in [-0.25, -0.2) is 4.98 Å². The van der Waals surface area contributed by atoms with Gasteiger partial charge in [0.15, 0.2) is 16.6 Å². The molecule has 0 saturated carbocycles. The summed E-state index contributed by atoms with van der Waals surface area (Å²) in [4.78, 5) is 16.4. The Kier molecular flexibility index (Phi) is 6.61. The Morgan fingerprint density at radius 3 is 2.45 bits per heavy atom. The standard InChI is InChI=1S/C21H21N3O3S.ClH/c1-13(2)20(25)22-15-5-3-14(4-6-15)17-12-28-21(24-17)23-16-7-8-18-19(11-16)27-10-9-26-18;/h3-8,11-13H,9-10H2,1-2H3,(H,22,25)(H,23,24);1H. The molecule has 1 aliphatic rings.